The van der Waals surface area contributed by atoms with Gasteiger partial charge < -0.3 is 4.90 Å². The zero-order valence-electron chi connectivity index (χ0n) is 15.5. The molecule has 0 bridgehead atoms. The van der Waals surface area contributed by atoms with Crippen LogP contribution < -0.4 is 4.90 Å². The summed E-state index contributed by atoms with van der Waals surface area (Å²) >= 11 is 0. The Labute approximate surface area is 151 Å². The van der Waals surface area contributed by atoms with Gasteiger partial charge in [-0.25, -0.2) is 0 Å². The lowest BCUT2D eigenvalue weighted by atomic mass is 9.99. The van der Waals surface area contributed by atoms with Crippen molar-refractivity contribution in [1.29, 1.82) is 0 Å². The minimum Gasteiger partial charge on any atom is -0.372 e. The smallest absolute Gasteiger partial charge is 0.0369 e. The molecule has 0 N–H and O–H groups in total. The molecule has 1 nitrogen and oxygen atoms in total. The number of rotatable bonds is 5. The van der Waals surface area contributed by atoms with Crippen molar-refractivity contribution in [2.75, 3.05) is 18.0 Å². The maximum absolute atomic E-state index is 2.52. The second kappa shape index (κ2) is 6.55. The summed E-state index contributed by atoms with van der Waals surface area (Å²) in [6.07, 6.45) is 2.30. The maximum atomic E-state index is 2.52. The summed E-state index contributed by atoms with van der Waals surface area (Å²) < 4.78 is 0. The van der Waals surface area contributed by atoms with Gasteiger partial charge in [-0.3, -0.25) is 0 Å². The Kier molecular flexibility index (Phi) is 4.25. The Balaban J connectivity index is 1.70. The molecule has 0 saturated carbocycles. The third-order valence-corrected chi connectivity index (χ3v) is 5.51. The van der Waals surface area contributed by atoms with Gasteiger partial charge in [0, 0.05) is 18.8 Å². The van der Waals surface area contributed by atoms with Crippen molar-refractivity contribution < 1.29 is 0 Å². The van der Waals surface area contributed by atoms with E-state index in [0.717, 1.165) is 25.4 Å². The molecule has 1 aliphatic rings. The molecule has 3 aromatic carbocycles. The van der Waals surface area contributed by atoms with Crippen molar-refractivity contribution in [3.05, 3.63) is 65.7 Å². The van der Waals surface area contributed by atoms with Crippen molar-refractivity contribution >= 4 is 16.5 Å². The second-order valence-electron chi connectivity index (χ2n) is 7.59. The van der Waals surface area contributed by atoms with E-state index in [1.165, 1.54) is 45.1 Å². The van der Waals surface area contributed by atoms with Gasteiger partial charge in [0.15, 0.2) is 0 Å². The van der Waals surface area contributed by atoms with E-state index in [9.17, 15) is 0 Å². The topological polar surface area (TPSA) is 3.24 Å². The Hall–Kier alpha value is -2.28. The van der Waals surface area contributed by atoms with Gasteiger partial charge in [0.2, 0.25) is 0 Å². The lowest BCUT2D eigenvalue weighted by Crippen LogP contribution is -2.25. The van der Waals surface area contributed by atoms with E-state index in [-0.39, 0.29) is 0 Å². The van der Waals surface area contributed by atoms with Crippen molar-refractivity contribution in [1.82, 2.24) is 0 Å². The van der Waals surface area contributed by atoms with Crippen LogP contribution in [0.15, 0.2) is 54.6 Å². The fourth-order valence-corrected chi connectivity index (χ4v) is 4.04. The highest BCUT2D eigenvalue weighted by atomic mass is 15.1. The van der Waals surface area contributed by atoms with Crippen LogP contribution in [0.5, 0.6) is 0 Å². The van der Waals surface area contributed by atoms with Crippen LogP contribution in [0.1, 0.15) is 38.3 Å². The van der Waals surface area contributed by atoms with E-state index in [1.54, 1.807) is 0 Å². The lowest BCUT2D eigenvalue weighted by Gasteiger charge is -2.24. The molecule has 0 heterocycles. The van der Waals surface area contributed by atoms with Gasteiger partial charge in [0.25, 0.3) is 0 Å². The first-order chi connectivity index (χ1) is 12.2. The van der Waals surface area contributed by atoms with E-state index in [4.69, 9.17) is 0 Å². The third-order valence-electron chi connectivity index (χ3n) is 5.51. The van der Waals surface area contributed by atoms with Crippen molar-refractivity contribution in [3.8, 4) is 11.1 Å². The highest BCUT2D eigenvalue weighted by Gasteiger charge is 2.21. The molecular formula is C24H27N. The van der Waals surface area contributed by atoms with Crippen LogP contribution in [0.4, 0.5) is 5.69 Å². The van der Waals surface area contributed by atoms with Gasteiger partial charge in [-0.1, -0.05) is 56.3 Å². The molecule has 0 unspecified atom stereocenters. The van der Waals surface area contributed by atoms with Gasteiger partial charge in [0.1, 0.15) is 0 Å². The molecule has 0 amide bonds. The molecule has 25 heavy (non-hydrogen) atoms. The molecule has 3 aromatic rings. The van der Waals surface area contributed by atoms with Gasteiger partial charge in [-0.15, -0.1) is 0 Å². The minimum absolute atomic E-state index is 0.749. The van der Waals surface area contributed by atoms with E-state index in [2.05, 4.69) is 80.3 Å². The summed E-state index contributed by atoms with van der Waals surface area (Å²) in [5, 5.41) is 2.76. The van der Waals surface area contributed by atoms with E-state index < -0.39 is 0 Å². The van der Waals surface area contributed by atoms with E-state index >= 15 is 0 Å². The van der Waals surface area contributed by atoms with E-state index in [0.29, 0.717) is 0 Å². The largest absolute Gasteiger partial charge is 0.372 e. The van der Waals surface area contributed by atoms with Crippen LogP contribution in [0.2, 0.25) is 0 Å². The zero-order chi connectivity index (χ0) is 17.4. The normalized spacial score (nSPS) is 12.5. The first kappa shape index (κ1) is 16.2. The monoisotopic (exact) mass is 329 g/mol. The standard InChI is InChI=1S/C24H27N/c1-4-25(14-13-17(2)3)20-10-12-22-19(15-20)16-24-21-8-6-5-7-18(21)9-11-23(22)24/h5-12,15,17H,4,13-14,16H2,1-3H3. The average Bonchev–Trinajstić information content (AvgIpc) is 3.00. The maximum Gasteiger partial charge on any atom is 0.0369 e. The Morgan fingerprint density at radius 3 is 2.56 bits per heavy atom. The fraction of sp³-hybridized carbons (Fsp3) is 0.333. The molecule has 1 heteroatoms. The Morgan fingerprint density at radius 1 is 0.960 bits per heavy atom. The van der Waals surface area contributed by atoms with Crippen LogP contribution in [0.25, 0.3) is 21.9 Å². The third kappa shape index (κ3) is 2.93. The molecule has 0 aliphatic heterocycles. The van der Waals surface area contributed by atoms with E-state index in [1.807, 2.05) is 0 Å². The SMILES string of the molecule is CCN(CCC(C)C)c1ccc2c(c1)Cc1c-2ccc2ccccc12. The molecule has 0 fully saturated rings. The van der Waals surface area contributed by atoms with Crippen molar-refractivity contribution in [3.63, 3.8) is 0 Å². The lowest BCUT2D eigenvalue weighted by molar-refractivity contribution is 0.576. The highest BCUT2D eigenvalue weighted by molar-refractivity contribution is 5.95. The number of benzene rings is 3. The highest BCUT2D eigenvalue weighted by Crippen LogP contribution is 2.41. The van der Waals surface area contributed by atoms with Crippen LogP contribution in [0, 0.1) is 5.92 Å². The number of hydrogen-bond acceptors (Lipinski definition) is 1. The summed E-state index contributed by atoms with van der Waals surface area (Å²) in [5.41, 5.74) is 7.19. The summed E-state index contributed by atoms with van der Waals surface area (Å²) in [4.78, 5) is 2.52. The molecule has 0 aromatic heterocycles. The van der Waals surface area contributed by atoms with Gasteiger partial charge in [-0.2, -0.15) is 0 Å². The minimum atomic E-state index is 0.749. The Bertz CT molecular complexity index is 907. The van der Waals surface area contributed by atoms with Gasteiger partial charge in [-0.05, 0) is 70.8 Å². The van der Waals surface area contributed by atoms with Crippen molar-refractivity contribution in [2.24, 2.45) is 5.92 Å². The van der Waals surface area contributed by atoms with Crippen LogP contribution >= 0.6 is 0 Å². The van der Waals surface area contributed by atoms with Crippen LogP contribution in [-0.4, -0.2) is 13.1 Å². The first-order valence-corrected chi connectivity index (χ1v) is 9.56. The number of nitrogens with zero attached hydrogens (tertiary/aromatic N) is 1. The quantitative estimate of drug-likeness (QED) is 0.416. The van der Waals surface area contributed by atoms with Gasteiger partial charge >= 0.3 is 0 Å². The molecule has 4 rings (SSSR count). The molecular weight excluding hydrogens is 302 g/mol. The Morgan fingerprint density at radius 2 is 1.76 bits per heavy atom. The predicted molar refractivity (Wildman–Crippen MR) is 110 cm³/mol. The molecule has 128 valence electrons. The zero-order valence-corrected chi connectivity index (χ0v) is 15.5. The fourth-order valence-electron chi connectivity index (χ4n) is 4.04. The summed E-state index contributed by atoms with van der Waals surface area (Å²) in [5.74, 6) is 0.749. The number of hydrogen-bond donors (Lipinski definition) is 0. The molecule has 1 aliphatic carbocycles. The molecule has 0 saturated heterocycles. The first-order valence-electron chi connectivity index (χ1n) is 9.56. The van der Waals surface area contributed by atoms with Crippen LogP contribution in [-0.2, 0) is 6.42 Å². The predicted octanol–water partition coefficient (Wildman–Crippen LogP) is 6.28. The summed E-state index contributed by atoms with van der Waals surface area (Å²) in [7, 11) is 0. The number of fused-ring (bicyclic) bond motifs is 5. The second-order valence-corrected chi connectivity index (χ2v) is 7.59. The average molecular weight is 329 g/mol. The van der Waals surface area contributed by atoms with Gasteiger partial charge in [0.05, 0.1) is 0 Å². The summed E-state index contributed by atoms with van der Waals surface area (Å²) in [6.45, 7) is 9.08. The molecule has 0 spiro atoms. The van der Waals surface area contributed by atoms with Crippen LogP contribution in [0.3, 0.4) is 0 Å². The number of anilines is 1. The summed E-state index contributed by atoms with van der Waals surface area (Å²) in [6, 6.07) is 20.4. The van der Waals surface area contributed by atoms with Crippen molar-refractivity contribution in [2.45, 2.75) is 33.6 Å². The molecule has 0 radical (unpaired) electrons. The molecule has 0 atom stereocenters.